The number of alkyl halides is 3. The predicted molar refractivity (Wildman–Crippen MR) is 90.2 cm³/mol. The van der Waals surface area contributed by atoms with Crippen LogP contribution in [0.2, 0.25) is 0 Å². The van der Waals surface area contributed by atoms with Gasteiger partial charge in [0.15, 0.2) is 11.5 Å². The van der Waals surface area contributed by atoms with Crippen LogP contribution in [-0.4, -0.2) is 38.9 Å². The zero-order valence-corrected chi connectivity index (χ0v) is 14.3. The molecule has 1 fully saturated rings. The Hall–Kier alpha value is -2.68. The summed E-state index contributed by atoms with van der Waals surface area (Å²) in [5.74, 6) is 0.433. The molecule has 1 aromatic carbocycles. The van der Waals surface area contributed by atoms with Crippen molar-refractivity contribution in [2.45, 2.75) is 38.1 Å². The monoisotopic (exact) mass is 378 g/mol. The molecule has 1 atom stereocenters. The van der Waals surface area contributed by atoms with Crippen LogP contribution >= 0.6 is 0 Å². The Kier molecular flexibility index (Phi) is 4.69. The number of hydrogen-bond donors (Lipinski definition) is 0. The van der Waals surface area contributed by atoms with E-state index in [1.54, 1.807) is 16.6 Å². The Labute approximate surface area is 152 Å². The van der Waals surface area contributed by atoms with Gasteiger partial charge in [0.25, 0.3) is 0 Å². The van der Waals surface area contributed by atoms with E-state index in [0.29, 0.717) is 29.1 Å². The first kappa shape index (κ1) is 17.7. The van der Waals surface area contributed by atoms with E-state index < -0.39 is 6.36 Å². The lowest BCUT2D eigenvalue weighted by Crippen LogP contribution is -2.22. The van der Waals surface area contributed by atoms with Crippen molar-refractivity contribution in [2.75, 3.05) is 6.61 Å². The van der Waals surface area contributed by atoms with E-state index in [2.05, 4.69) is 20.0 Å². The molecule has 9 heteroatoms. The zero-order chi connectivity index (χ0) is 18.9. The highest BCUT2D eigenvalue weighted by Gasteiger charge is 2.31. The summed E-state index contributed by atoms with van der Waals surface area (Å²) in [7, 11) is 0. The molecule has 1 saturated heterocycles. The van der Waals surface area contributed by atoms with E-state index in [4.69, 9.17) is 4.74 Å². The summed E-state index contributed by atoms with van der Waals surface area (Å²) in [6, 6.07) is 9.12. The highest BCUT2D eigenvalue weighted by atomic mass is 19.4. The third-order valence-corrected chi connectivity index (χ3v) is 4.40. The van der Waals surface area contributed by atoms with Gasteiger partial charge in [-0.1, -0.05) is 0 Å². The second-order valence-corrected chi connectivity index (χ2v) is 6.37. The summed E-state index contributed by atoms with van der Waals surface area (Å²) in [5.41, 5.74) is 1.88. The lowest BCUT2D eigenvalue weighted by atomic mass is 10.1. The van der Waals surface area contributed by atoms with Gasteiger partial charge in [-0.25, -0.2) is 0 Å². The summed E-state index contributed by atoms with van der Waals surface area (Å²) in [6.45, 7) is 0.756. The van der Waals surface area contributed by atoms with Gasteiger partial charge < -0.3 is 9.47 Å². The van der Waals surface area contributed by atoms with Crippen molar-refractivity contribution in [1.29, 1.82) is 0 Å². The summed E-state index contributed by atoms with van der Waals surface area (Å²) in [4.78, 5) is 0. The maximum Gasteiger partial charge on any atom is 0.573 e. The first-order chi connectivity index (χ1) is 13.0. The van der Waals surface area contributed by atoms with Gasteiger partial charge in [0.05, 0.1) is 11.8 Å². The molecule has 0 aliphatic carbocycles. The first-order valence-electron chi connectivity index (χ1n) is 8.67. The number of halogens is 3. The molecule has 27 heavy (non-hydrogen) atoms. The molecule has 0 radical (unpaired) electrons. The van der Waals surface area contributed by atoms with Crippen molar-refractivity contribution in [3.8, 4) is 17.0 Å². The van der Waals surface area contributed by atoms with Gasteiger partial charge in [0.2, 0.25) is 0 Å². The molecule has 0 spiro atoms. The quantitative estimate of drug-likeness (QED) is 0.691. The van der Waals surface area contributed by atoms with E-state index in [1.807, 2.05) is 0 Å². The van der Waals surface area contributed by atoms with Crippen molar-refractivity contribution < 1.29 is 22.6 Å². The molecule has 0 amide bonds. The topological polar surface area (TPSA) is 61.5 Å². The van der Waals surface area contributed by atoms with Crippen LogP contribution in [0.3, 0.4) is 0 Å². The summed E-state index contributed by atoms with van der Waals surface area (Å²) in [6.07, 6.45) is -0.793. The first-order valence-corrected chi connectivity index (χ1v) is 8.67. The molecular weight excluding hydrogens is 361 g/mol. The van der Waals surface area contributed by atoms with Crippen LogP contribution in [0.4, 0.5) is 13.2 Å². The fraction of sp³-hybridized carbons (Fsp3) is 0.389. The zero-order valence-electron chi connectivity index (χ0n) is 14.3. The van der Waals surface area contributed by atoms with Gasteiger partial charge in [0.1, 0.15) is 5.75 Å². The highest BCUT2D eigenvalue weighted by Crippen LogP contribution is 2.26. The maximum atomic E-state index is 12.3. The van der Waals surface area contributed by atoms with Crippen LogP contribution in [-0.2, 0) is 11.2 Å². The second kappa shape index (κ2) is 7.15. The van der Waals surface area contributed by atoms with E-state index in [1.165, 1.54) is 24.3 Å². The molecule has 1 aliphatic rings. The molecule has 4 rings (SSSR count). The van der Waals surface area contributed by atoms with E-state index in [9.17, 15) is 13.2 Å². The van der Waals surface area contributed by atoms with Gasteiger partial charge in [-0.3, -0.25) is 0 Å². The Morgan fingerprint density at radius 1 is 1.07 bits per heavy atom. The molecule has 0 N–H and O–H groups in total. The number of aromatic nitrogens is 4. The van der Waals surface area contributed by atoms with Crippen molar-refractivity contribution in [2.24, 2.45) is 0 Å². The average molecular weight is 378 g/mol. The molecule has 3 aromatic rings. The van der Waals surface area contributed by atoms with Crippen LogP contribution in [0.5, 0.6) is 5.75 Å². The third-order valence-electron chi connectivity index (χ3n) is 4.40. The van der Waals surface area contributed by atoms with Crippen LogP contribution in [0.15, 0.2) is 36.4 Å². The number of ether oxygens (including phenoxy) is 2. The molecule has 1 unspecified atom stereocenters. The average Bonchev–Trinajstić information content (AvgIpc) is 3.04. The minimum Gasteiger partial charge on any atom is -0.406 e. The number of nitrogens with zero attached hydrogens (tertiary/aromatic N) is 4. The summed E-state index contributed by atoms with van der Waals surface area (Å²) in [5, 5.41) is 12.9. The van der Waals surface area contributed by atoms with Crippen molar-refractivity contribution >= 4 is 5.65 Å². The van der Waals surface area contributed by atoms with Crippen molar-refractivity contribution in [3.63, 3.8) is 0 Å². The highest BCUT2D eigenvalue weighted by molar-refractivity contribution is 5.61. The molecule has 2 aromatic heterocycles. The fourth-order valence-corrected chi connectivity index (χ4v) is 3.11. The number of fused-ring (bicyclic) bond motifs is 1. The smallest absolute Gasteiger partial charge is 0.406 e. The lowest BCUT2D eigenvalue weighted by Gasteiger charge is -2.21. The lowest BCUT2D eigenvalue weighted by molar-refractivity contribution is -0.274. The van der Waals surface area contributed by atoms with Gasteiger partial charge in [-0.15, -0.1) is 23.4 Å². The molecular formula is C18H17F3N4O2. The van der Waals surface area contributed by atoms with Crippen LogP contribution in [0.1, 0.15) is 25.1 Å². The van der Waals surface area contributed by atoms with Crippen molar-refractivity contribution in [1.82, 2.24) is 19.8 Å². The minimum atomic E-state index is -4.71. The Bertz CT molecular complexity index is 918. The molecule has 1 aliphatic heterocycles. The van der Waals surface area contributed by atoms with E-state index >= 15 is 0 Å². The predicted octanol–water partition coefficient (Wildman–Crippen LogP) is 3.80. The van der Waals surface area contributed by atoms with Crippen molar-refractivity contribution in [3.05, 3.63) is 42.2 Å². The van der Waals surface area contributed by atoms with Gasteiger partial charge >= 0.3 is 6.36 Å². The molecule has 0 saturated carbocycles. The number of benzene rings is 1. The normalized spacial score (nSPS) is 18.0. The second-order valence-electron chi connectivity index (χ2n) is 6.37. The van der Waals surface area contributed by atoms with Crippen LogP contribution in [0, 0.1) is 0 Å². The van der Waals surface area contributed by atoms with Gasteiger partial charge in [0, 0.05) is 18.6 Å². The minimum absolute atomic E-state index is 0.107. The van der Waals surface area contributed by atoms with E-state index in [-0.39, 0.29) is 11.9 Å². The van der Waals surface area contributed by atoms with Crippen LogP contribution < -0.4 is 4.74 Å². The molecule has 6 nitrogen and oxygen atoms in total. The SMILES string of the molecule is FC(F)(F)Oc1ccc(-c2ccc3nnc(CC4CCCCO4)n3n2)cc1. The molecule has 0 bridgehead atoms. The Balaban J connectivity index is 1.58. The number of hydrogen-bond acceptors (Lipinski definition) is 5. The third kappa shape index (κ3) is 4.19. The summed E-state index contributed by atoms with van der Waals surface area (Å²) < 4.78 is 48.1. The van der Waals surface area contributed by atoms with E-state index in [0.717, 1.165) is 25.9 Å². The Morgan fingerprint density at radius 2 is 1.89 bits per heavy atom. The maximum absolute atomic E-state index is 12.3. The van der Waals surface area contributed by atoms with Gasteiger partial charge in [-0.05, 0) is 55.7 Å². The Morgan fingerprint density at radius 3 is 2.59 bits per heavy atom. The fourth-order valence-electron chi connectivity index (χ4n) is 3.11. The molecule has 3 heterocycles. The standard InChI is InChI=1S/C18H17F3N4O2/c19-18(20,21)27-13-6-4-12(5-7-13)15-8-9-16-22-23-17(25(16)24-15)11-14-3-1-2-10-26-14/h4-9,14H,1-3,10-11H2. The summed E-state index contributed by atoms with van der Waals surface area (Å²) >= 11 is 0. The van der Waals surface area contributed by atoms with Gasteiger partial charge in [-0.2, -0.15) is 9.61 Å². The van der Waals surface area contributed by atoms with Crippen LogP contribution in [0.25, 0.3) is 16.9 Å². The molecule has 142 valence electrons. The largest absolute Gasteiger partial charge is 0.573 e. The number of rotatable bonds is 4.